The second-order valence-electron chi connectivity index (χ2n) is 4.29. The van der Waals surface area contributed by atoms with E-state index in [1.165, 1.54) is 0 Å². The molecule has 3 heteroatoms. The first-order valence-electron chi connectivity index (χ1n) is 5.83. The van der Waals surface area contributed by atoms with Gasteiger partial charge in [-0.05, 0) is 23.6 Å². The van der Waals surface area contributed by atoms with Crippen LogP contribution in [0.4, 0.5) is 0 Å². The molecule has 0 saturated carbocycles. The highest BCUT2D eigenvalue weighted by atomic mass is 16.5. The predicted molar refractivity (Wildman–Crippen MR) is 69.6 cm³/mol. The van der Waals surface area contributed by atoms with Crippen molar-refractivity contribution in [1.29, 1.82) is 5.26 Å². The minimum Gasteiger partial charge on any atom is -0.439 e. The van der Waals surface area contributed by atoms with Crippen molar-refractivity contribution in [3.8, 4) is 17.7 Å². The fourth-order valence-electron chi connectivity index (χ4n) is 1.70. The molecule has 0 radical (unpaired) electrons. The molecule has 3 nitrogen and oxygen atoms in total. The molecule has 1 aromatic heterocycles. The van der Waals surface area contributed by atoms with Gasteiger partial charge >= 0.3 is 0 Å². The summed E-state index contributed by atoms with van der Waals surface area (Å²) in [5.74, 6) is 1.61. The molecular weight excluding hydrogens is 224 g/mol. The molecule has 18 heavy (non-hydrogen) atoms. The quantitative estimate of drug-likeness (QED) is 0.815. The molecule has 0 bridgehead atoms. The smallest absolute Gasteiger partial charge is 0.220 e. The molecule has 0 aliphatic rings. The highest BCUT2D eigenvalue weighted by molar-refractivity contribution is 5.39. The lowest BCUT2D eigenvalue weighted by atomic mass is 10.0. The van der Waals surface area contributed by atoms with Gasteiger partial charge in [-0.1, -0.05) is 32.0 Å². The van der Waals surface area contributed by atoms with Gasteiger partial charge in [-0.3, -0.25) is 0 Å². The minimum absolute atomic E-state index is 0.375. The molecule has 0 fully saturated rings. The second kappa shape index (κ2) is 5.33. The van der Waals surface area contributed by atoms with Crippen molar-refractivity contribution in [1.82, 2.24) is 4.98 Å². The number of pyridine rings is 1. The van der Waals surface area contributed by atoms with Crippen molar-refractivity contribution in [2.75, 3.05) is 0 Å². The summed E-state index contributed by atoms with van der Waals surface area (Å²) in [7, 11) is 0. The molecule has 1 heterocycles. The lowest BCUT2D eigenvalue weighted by Crippen LogP contribution is -1.95. The van der Waals surface area contributed by atoms with Gasteiger partial charge in [0.15, 0.2) is 0 Å². The van der Waals surface area contributed by atoms with Crippen LogP contribution in [-0.2, 0) is 0 Å². The van der Waals surface area contributed by atoms with Crippen molar-refractivity contribution in [2.45, 2.75) is 19.8 Å². The molecule has 0 unspecified atom stereocenters. The van der Waals surface area contributed by atoms with E-state index < -0.39 is 0 Å². The standard InChI is InChI=1S/C15H14N2O/c1-11(2)13-5-3-4-6-14(13)18-15-9-12(10-16)7-8-17-15/h3-9,11H,1-2H3. The fourth-order valence-corrected chi connectivity index (χ4v) is 1.70. The van der Waals surface area contributed by atoms with Gasteiger partial charge in [0.25, 0.3) is 0 Å². The summed E-state index contributed by atoms with van der Waals surface area (Å²) in [5, 5.41) is 8.84. The Kier molecular flexibility index (Phi) is 3.59. The maximum atomic E-state index is 8.84. The number of rotatable bonds is 3. The molecule has 2 rings (SSSR count). The van der Waals surface area contributed by atoms with Gasteiger partial charge in [0, 0.05) is 12.3 Å². The van der Waals surface area contributed by atoms with Crippen molar-refractivity contribution in [2.24, 2.45) is 0 Å². The van der Waals surface area contributed by atoms with Crippen LogP contribution in [0.5, 0.6) is 11.6 Å². The average Bonchev–Trinajstić information content (AvgIpc) is 2.39. The van der Waals surface area contributed by atoms with Crippen molar-refractivity contribution in [3.05, 3.63) is 53.7 Å². The normalized spacial score (nSPS) is 10.1. The topological polar surface area (TPSA) is 45.9 Å². The number of ether oxygens (including phenoxy) is 1. The molecule has 1 aromatic carbocycles. The number of aromatic nitrogens is 1. The zero-order chi connectivity index (χ0) is 13.0. The Morgan fingerprint density at radius 3 is 2.72 bits per heavy atom. The molecule has 0 aliphatic carbocycles. The monoisotopic (exact) mass is 238 g/mol. The van der Waals surface area contributed by atoms with Crippen LogP contribution in [-0.4, -0.2) is 4.98 Å². The first-order valence-corrected chi connectivity index (χ1v) is 5.83. The lowest BCUT2D eigenvalue weighted by Gasteiger charge is -2.12. The third-order valence-electron chi connectivity index (χ3n) is 2.62. The third kappa shape index (κ3) is 2.67. The highest BCUT2D eigenvalue weighted by Gasteiger charge is 2.08. The number of nitriles is 1. The summed E-state index contributed by atoms with van der Waals surface area (Å²) in [6.45, 7) is 4.22. The van der Waals surface area contributed by atoms with E-state index in [2.05, 4.69) is 24.9 Å². The Morgan fingerprint density at radius 1 is 1.22 bits per heavy atom. The number of nitrogens with zero attached hydrogens (tertiary/aromatic N) is 2. The molecule has 0 N–H and O–H groups in total. The van der Waals surface area contributed by atoms with Crippen LogP contribution >= 0.6 is 0 Å². The number of hydrogen-bond acceptors (Lipinski definition) is 3. The van der Waals surface area contributed by atoms with Crippen molar-refractivity contribution >= 4 is 0 Å². The van der Waals surface area contributed by atoms with Crippen LogP contribution in [0.25, 0.3) is 0 Å². The zero-order valence-electron chi connectivity index (χ0n) is 10.4. The summed E-state index contributed by atoms with van der Waals surface area (Å²) >= 11 is 0. The van der Waals surface area contributed by atoms with Crippen LogP contribution in [0, 0.1) is 11.3 Å². The zero-order valence-corrected chi connectivity index (χ0v) is 10.4. The maximum Gasteiger partial charge on any atom is 0.220 e. The fraction of sp³-hybridized carbons (Fsp3) is 0.200. The Morgan fingerprint density at radius 2 is 2.00 bits per heavy atom. The highest BCUT2D eigenvalue weighted by Crippen LogP contribution is 2.29. The van der Waals surface area contributed by atoms with E-state index in [1.54, 1.807) is 18.3 Å². The van der Waals surface area contributed by atoms with E-state index in [0.29, 0.717) is 17.4 Å². The molecular formula is C15H14N2O. The number of hydrogen-bond donors (Lipinski definition) is 0. The molecule has 0 aliphatic heterocycles. The van der Waals surface area contributed by atoms with E-state index in [4.69, 9.17) is 10.00 Å². The maximum absolute atomic E-state index is 8.84. The van der Waals surface area contributed by atoms with Crippen LogP contribution in [0.3, 0.4) is 0 Å². The van der Waals surface area contributed by atoms with Gasteiger partial charge in [0.1, 0.15) is 5.75 Å². The van der Waals surface area contributed by atoms with Gasteiger partial charge in [-0.2, -0.15) is 5.26 Å². The molecule has 0 saturated heterocycles. The summed E-state index contributed by atoms with van der Waals surface area (Å²) in [5.41, 5.74) is 1.67. The predicted octanol–water partition coefficient (Wildman–Crippen LogP) is 3.87. The first kappa shape index (κ1) is 12.1. The van der Waals surface area contributed by atoms with E-state index >= 15 is 0 Å². The summed E-state index contributed by atoms with van der Waals surface area (Å²) in [4.78, 5) is 4.11. The Balaban J connectivity index is 2.31. The van der Waals surface area contributed by atoms with Crippen LogP contribution in [0.15, 0.2) is 42.6 Å². The Hall–Kier alpha value is -2.34. The van der Waals surface area contributed by atoms with Gasteiger partial charge in [-0.15, -0.1) is 0 Å². The van der Waals surface area contributed by atoms with E-state index in [-0.39, 0.29) is 0 Å². The van der Waals surface area contributed by atoms with Crippen molar-refractivity contribution < 1.29 is 4.74 Å². The minimum atomic E-state index is 0.375. The summed E-state index contributed by atoms with van der Waals surface area (Å²) in [6, 6.07) is 13.2. The van der Waals surface area contributed by atoms with Crippen LogP contribution < -0.4 is 4.74 Å². The number of para-hydroxylation sites is 1. The van der Waals surface area contributed by atoms with E-state index in [0.717, 1.165) is 11.3 Å². The van der Waals surface area contributed by atoms with Crippen molar-refractivity contribution in [3.63, 3.8) is 0 Å². The molecule has 0 amide bonds. The van der Waals surface area contributed by atoms with Gasteiger partial charge in [0.05, 0.1) is 11.6 Å². The lowest BCUT2D eigenvalue weighted by molar-refractivity contribution is 0.454. The summed E-state index contributed by atoms with van der Waals surface area (Å²) in [6.07, 6.45) is 1.58. The van der Waals surface area contributed by atoms with Crippen LogP contribution in [0.1, 0.15) is 30.9 Å². The van der Waals surface area contributed by atoms with Gasteiger partial charge in [-0.25, -0.2) is 4.98 Å². The van der Waals surface area contributed by atoms with Crippen LogP contribution in [0.2, 0.25) is 0 Å². The second-order valence-corrected chi connectivity index (χ2v) is 4.29. The Bertz CT molecular complexity index is 585. The SMILES string of the molecule is CC(C)c1ccccc1Oc1cc(C#N)ccn1. The van der Waals surface area contributed by atoms with Gasteiger partial charge in [0.2, 0.25) is 5.88 Å². The van der Waals surface area contributed by atoms with E-state index in [9.17, 15) is 0 Å². The molecule has 0 spiro atoms. The third-order valence-corrected chi connectivity index (χ3v) is 2.62. The molecule has 2 aromatic rings. The summed E-state index contributed by atoms with van der Waals surface area (Å²) < 4.78 is 5.75. The molecule has 90 valence electrons. The van der Waals surface area contributed by atoms with Gasteiger partial charge < -0.3 is 4.74 Å². The average molecular weight is 238 g/mol. The number of benzene rings is 1. The Labute approximate surface area is 107 Å². The first-order chi connectivity index (χ1) is 8.70. The molecule has 0 atom stereocenters. The van der Waals surface area contributed by atoms with E-state index in [1.807, 2.05) is 24.3 Å². The largest absolute Gasteiger partial charge is 0.439 e.